The molecule has 0 aliphatic carbocycles. The van der Waals surface area contributed by atoms with E-state index < -0.39 is 0 Å². The summed E-state index contributed by atoms with van der Waals surface area (Å²) in [6.45, 7) is 4.99. The molecule has 1 atom stereocenters. The Labute approximate surface area is 102 Å². The number of hydrogen-bond donors (Lipinski definition) is 3. The zero-order chi connectivity index (χ0) is 12.8. The summed E-state index contributed by atoms with van der Waals surface area (Å²) >= 11 is 0. The largest absolute Gasteiger partial charge is 0.507 e. The molecule has 1 aromatic carbocycles. The number of nitrogens with two attached hydrogens (primary N) is 1. The second-order valence-electron chi connectivity index (χ2n) is 4.36. The molecule has 1 rings (SSSR count). The van der Waals surface area contributed by atoms with Gasteiger partial charge in [-0.3, -0.25) is 4.79 Å². The van der Waals surface area contributed by atoms with E-state index in [1.54, 1.807) is 25.1 Å². The summed E-state index contributed by atoms with van der Waals surface area (Å²) in [6, 6.07) is 5.14. The van der Waals surface area contributed by atoms with Crippen LogP contribution in [0, 0.1) is 12.8 Å². The van der Waals surface area contributed by atoms with Crippen LogP contribution in [0.2, 0.25) is 0 Å². The summed E-state index contributed by atoms with van der Waals surface area (Å²) in [5, 5.41) is 12.6. The maximum absolute atomic E-state index is 11.8. The Morgan fingerprint density at radius 1 is 1.53 bits per heavy atom. The molecule has 0 aliphatic rings. The fourth-order valence-corrected chi connectivity index (χ4v) is 1.59. The van der Waals surface area contributed by atoms with Crippen LogP contribution in [-0.2, 0) is 0 Å². The van der Waals surface area contributed by atoms with Crippen molar-refractivity contribution in [3.63, 3.8) is 0 Å². The van der Waals surface area contributed by atoms with E-state index in [1.165, 1.54) is 0 Å². The lowest BCUT2D eigenvalue weighted by Crippen LogP contribution is -2.29. The number of amides is 1. The molecule has 4 heteroatoms. The number of nitrogens with one attached hydrogen (secondary N) is 1. The molecular weight excluding hydrogens is 216 g/mol. The van der Waals surface area contributed by atoms with Crippen molar-refractivity contribution in [2.75, 3.05) is 13.1 Å². The minimum Gasteiger partial charge on any atom is -0.507 e. The van der Waals surface area contributed by atoms with Gasteiger partial charge in [-0.2, -0.15) is 0 Å². The first-order valence-corrected chi connectivity index (χ1v) is 5.83. The molecule has 0 radical (unpaired) electrons. The highest BCUT2D eigenvalue weighted by molar-refractivity contribution is 5.97. The van der Waals surface area contributed by atoms with Crippen LogP contribution in [0.4, 0.5) is 0 Å². The summed E-state index contributed by atoms with van der Waals surface area (Å²) in [4.78, 5) is 11.8. The van der Waals surface area contributed by atoms with Gasteiger partial charge in [0, 0.05) is 6.54 Å². The van der Waals surface area contributed by atoms with E-state index in [-0.39, 0.29) is 11.7 Å². The Kier molecular flexibility index (Phi) is 4.97. The number of hydrogen-bond acceptors (Lipinski definition) is 3. The first-order valence-electron chi connectivity index (χ1n) is 5.83. The van der Waals surface area contributed by atoms with Crippen LogP contribution in [0.3, 0.4) is 0 Å². The number of phenolic OH excluding ortho intramolecular Hbond substituents is 1. The fourth-order valence-electron chi connectivity index (χ4n) is 1.59. The molecule has 0 saturated heterocycles. The van der Waals surface area contributed by atoms with Crippen LogP contribution in [0.25, 0.3) is 0 Å². The number of aromatic hydroxyl groups is 1. The lowest BCUT2D eigenvalue weighted by atomic mass is 10.1. The van der Waals surface area contributed by atoms with Gasteiger partial charge < -0.3 is 16.2 Å². The predicted octanol–water partition coefficient (Wildman–Crippen LogP) is 1.42. The number of phenols is 1. The van der Waals surface area contributed by atoms with Crippen LogP contribution in [-0.4, -0.2) is 24.1 Å². The zero-order valence-electron chi connectivity index (χ0n) is 10.4. The molecule has 0 heterocycles. The van der Waals surface area contributed by atoms with Crippen molar-refractivity contribution in [3.05, 3.63) is 29.3 Å². The summed E-state index contributed by atoms with van der Waals surface area (Å²) in [7, 11) is 0. The Balaban J connectivity index is 2.61. The standard InChI is InChI=1S/C13H20N2O2/c1-9(6-7-14)8-15-13(17)11-5-3-4-10(2)12(11)16/h3-5,9,16H,6-8,14H2,1-2H3,(H,15,17). The number of carbonyl (C=O) groups is 1. The number of benzene rings is 1. The van der Waals surface area contributed by atoms with Crippen molar-refractivity contribution in [2.45, 2.75) is 20.3 Å². The van der Waals surface area contributed by atoms with E-state index in [0.717, 1.165) is 6.42 Å². The van der Waals surface area contributed by atoms with Crippen LogP contribution in [0.1, 0.15) is 29.3 Å². The molecule has 0 aliphatic heterocycles. The van der Waals surface area contributed by atoms with E-state index >= 15 is 0 Å². The zero-order valence-corrected chi connectivity index (χ0v) is 10.4. The molecule has 1 aromatic rings. The van der Waals surface area contributed by atoms with Gasteiger partial charge in [0.05, 0.1) is 5.56 Å². The number of para-hydroxylation sites is 1. The average Bonchev–Trinajstić information content (AvgIpc) is 2.30. The second kappa shape index (κ2) is 6.25. The van der Waals surface area contributed by atoms with E-state index in [0.29, 0.717) is 30.1 Å². The Morgan fingerprint density at radius 3 is 2.88 bits per heavy atom. The normalized spacial score (nSPS) is 12.2. The maximum atomic E-state index is 11.8. The third-order valence-electron chi connectivity index (χ3n) is 2.75. The lowest BCUT2D eigenvalue weighted by Gasteiger charge is -2.12. The highest BCUT2D eigenvalue weighted by atomic mass is 16.3. The molecule has 1 unspecified atom stereocenters. The Hall–Kier alpha value is -1.55. The smallest absolute Gasteiger partial charge is 0.255 e. The topological polar surface area (TPSA) is 75.4 Å². The molecular formula is C13H20N2O2. The van der Waals surface area contributed by atoms with Crippen molar-refractivity contribution < 1.29 is 9.90 Å². The molecule has 0 spiro atoms. The fraction of sp³-hybridized carbons (Fsp3) is 0.462. The maximum Gasteiger partial charge on any atom is 0.255 e. The minimum atomic E-state index is -0.241. The van der Waals surface area contributed by atoms with Crippen molar-refractivity contribution in [3.8, 4) is 5.75 Å². The van der Waals surface area contributed by atoms with E-state index in [1.807, 2.05) is 6.92 Å². The van der Waals surface area contributed by atoms with E-state index in [9.17, 15) is 9.90 Å². The average molecular weight is 236 g/mol. The van der Waals surface area contributed by atoms with Crippen molar-refractivity contribution in [1.82, 2.24) is 5.32 Å². The van der Waals surface area contributed by atoms with Gasteiger partial charge in [-0.1, -0.05) is 19.1 Å². The molecule has 0 fully saturated rings. The van der Waals surface area contributed by atoms with Gasteiger partial charge in [-0.05, 0) is 37.4 Å². The first kappa shape index (κ1) is 13.5. The second-order valence-corrected chi connectivity index (χ2v) is 4.36. The highest BCUT2D eigenvalue weighted by Crippen LogP contribution is 2.21. The molecule has 1 amide bonds. The molecule has 4 N–H and O–H groups in total. The van der Waals surface area contributed by atoms with Gasteiger partial charge >= 0.3 is 0 Å². The summed E-state index contributed by atoms with van der Waals surface area (Å²) in [5.74, 6) is 0.155. The minimum absolute atomic E-state index is 0.0523. The monoisotopic (exact) mass is 236 g/mol. The molecule has 0 bridgehead atoms. The predicted molar refractivity (Wildman–Crippen MR) is 68.0 cm³/mol. The van der Waals surface area contributed by atoms with Gasteiger partial charge in [-0.25, -0.2) is 0 Å². The van der Waals surface area contributed by atoms with Crippen LogP contribution in [0.15, 0.2) is 18.2 Å². The summed E-state index contributed by atoms with van der Waals surface area (Å²) in [5.41, 5.74) is 6.46. The van der Waals surface area contributed by atoms with E-state index in [4.69, 9.17) is 5.73 Å². The highest BCUT2D eigenvalue weighted by Gasteiger charge is 2.12. The van der Waals surface area contributed by atoms with Gasteiger partial charge in [0.15, 0.2) is 0 Å². The SMILES string of the molecule is Cc1cccc(C(=O)NCC(C)CCN)c1O. The van der Waals surface area contributed by atoms with Crippen LogP contribution < -0.4 is 11.1 Å². The van der Waals surface area contributed by atoms with E-state index in [2.05, 4.69) is 5.32 Å². The van der Waals surface area contributed by atoms with Gasteiger partial charge in [0.1, 0.15) is 5.75 Å². The molecule has 0 aromatic heterocycles. The van der Waals surface area contributed by atoms with Crippen molar-refractivity contribution >= 4 is 5.91 Å². The van der Waals surface area contributed by atoms with Crippen molar-refractivity contribution in [1.29, 1.82) is 0 Å². The third-order valence-corrected chi connectivity index (χ3v) is 2.75. The molecule has 4 nitrogen and oxygen atoms in total. The number of aryl methyl sites for hydroxylation is 1. The van der Waals surface area contributed by atoms with Crippen LogP contribution in [0.5, 0.6) is 5.75 Å². The van der Waals surface area contributed by atoms with Crippen molar-refractivity contribution in [2.24, 2.45) is 11.7 Å². The Morgan fingerprint density at radius 2 is 2.24 bits per heavy atom. The third kappa shape index (κ3) is 3.75. The molecule has 94 valence electrons. The molecule has 0 saturated carbocycles. The number of rotatable bonds is 5. The van der Waals surface area contributed by atoms with Gasteiger partial charge in [0.2, 0.25) is 0 Å². The van der Waals surface area contributed by atoms with Gasteiger partial charge in [-0.15, -0.1) is 0 Å². The Bertz CT molecular complexity index is 391. The molecule has 17 heavy (non-hydrogen) atoms. The lowest BCUT2D eigenvalue weighted by molar-refractivity contribution is 0.0945. The number of carbonyl (C=O) groups excluding carboxylic acids is 1. The van der Waals surface area contributed by atoms with Gasteiger partial charge in [0.25, 0.3) is 5.91 Å². The summed E-state index contributed by atoms with van der Waals surface area (Å²) < 4.78 is 0. The first-order chi connectivity index (χ1) is 8.06. The quantitative estimate of drug-likeness (QED) is 0.723. The van der Waals surface area contributed by atoms with Crippen LogP contribution >= 0.6 is 0 Å². The summed E-state index contributed by atoms with van der Waals surface area (Å²) in [6.07, 6.45) is 0.875.